The number of amides is 2. The van der Waals surface area contributed by atoms with Crippen molar-refractivity contribution >= 4 is 11.8 Å². The number of nitrogens with one attached hydrogen (secondary N) is 1. The van der Waals surface area contributed by atoms with Crippen molar-refractivity contribution in [2.75, 3.05) is 13.2 Å². The molecule has 1 rings (SSSR count). The first-order valence-corrected chi connectivity index (χ1v) is 7.03. The van der Waals surface area contributed by atoms with E-state index in [1.54, 1.807) is 24.3 Å². The fourth-order valence-corrected chi connectivity index (χ4v) is 1.71. The van der Waals surface area contributed by atoms with Gasteiger partial charge >= 0.3 is 0 Å². The number of carbonyl (C=O) groups excluding carboxylic acids is 2. The molecular weight excluding hydrogens is 280 g/mol. The highest BCUT2D eigenvalue weighted by Gasteiger charge is 2.14. The fraction of sp³-hybridized carbons (Fsp3) is 0.412. The van der Waals surface area contributed by atoms with E-state index in [1.807, 2.05) is 20.8 Å². The van der Waals surface area contributed by atoms with Gasteiger partial charge in [0.2, 0.25) is 5.91 Å². The first-order valence-electron chi connectivity index (χ1n) is 7.03. The SMILES string of the molecule is CC(C)(C)CC(=O)NCC#CCOc1ccccc1C(N)=O. The third kappa shape index (κ3) is 6.80. The van der Waals surface area contributed by atoms with Gasteiger partial charge in [-0.1, -0.05) is 44.7 Å². The van der Waals surface area contributed by atoms with Gasteiger partial charge in [0.1, 0.15) is 12.4 Å². The van der Waals surface area contributed by atoms with Gasteiger partial charge in [-0.2, -0.15) is 0 Å². The minimum Gasteiger partial charge on any atom is -0.480 e. The van der Waals surface area contributed by atoms with Crippen LogP contribution in [0, 0.1) is 17.3 Å². The number of carbonyl (C=O) groups is 2. The van der Waals surface area contributed by atoms with Crippen LogP contribution >= 0.6 is 0 Å². The van der Waals surface area contributed by atoms with Crippen molar-refractivity contribution < 1.29 is 14.3 Å². The molecule has 0 aliphatic rings. The first-order chi connectivity index (χ1) is 10.3. The lowest BCUT2D eigenvalue weighted by Crippen LogP contribution is -2.27. The van der Waals surface area contributed by atoms with E-state index < -0.39 is 5.91 Å². The van der Waals surface area contributed by atoms with Crippen LogP contribution in [0.3, 0.4) is 0 Å². The van der Waals surface area contributed by atoms with Crippen LogP contribution in [0.25, 0.3) is 0 Å². The molecule has 0 radical (unpaired) electrons. The van der Waals surface area contributed by atoms with Gasteiger partial charge in [-0.25, -0.2) is 0 Å². The lowest BCUT2D eigenvalue weighted by atomic mass is 9.92. The summed E-state index contributed by atoms with van der Waals surface area (Å²) in [6.07, 6.45) is 0.456. The standard InChI is InChI=1S/C17H22N2O3/c1-17(2,3)12-15(20)19-10-6-7-11-22-14-9-5-4-8-13(14)16(18)21/h4-5,8-9H,10-12H2,1-3H3,(H2,18,21)(H,19,20). The van der Waals surface area contributed by atoms with E-state index in [1.165, 1.54) is 0 Å². The molecule has 3 N–H and O–H groups in total. The van der Waals surface area contributed by atoms with Gasteiger partial charge in [-0.15, -0.1) is 0 Å². The van der Waals surface area contributed by atoms with E-state index in [4.69, 9.17) is 10.5 Å². The van der Waals surface area contributed by atoms with E-state index in [0.717, 1.165) is 0 Å². The average molecular weight is 302 g/mol. The van der Waals surface area contributed by atoms with Gasteiger partial charge in [-0.3, -0.25) is 9.59 Å². The van der Waals surface area contributed by atoms with Crippen molar-refractivity contribution in [2.24, 2.45) is 11.1 Å². The van der Waals surface area contributed by atoms with Crippen LogP contribution in [0.4, 0.5) is 0 Å². The van der Waals surface area contributed by atoms with Crippen LogP contribution in [-0.4, -0.2) is 25.0 Å². The molecular formula is C17H22N2O3. The summed E-state index contributed by atoms with van der Waals surface area (Å²) in [5, 5.41) is 2.73. The summed E-state index contributed by atoms with van der Waals surface area (Å²) in [5.41, 5.74) is 5.53. The summed E-state index contributed by atoms with van der Waals surface area (Å²) >= 11 is 0. The Morgan fingerprint density at radius 3 is 2.55 bits per heavy atom. The number of ether oxygens (including phenoxy) is 1. The lowest BCUT2D eigenvalue weighted by Gasteiger charge is -2.16. The van der Waals surface area contributed by atoms with Crippen LogP contribution in [0.1, 0.15) is 37.6 Å². The maximum absolute atomic E-state index is 11.6. The predicted molar refractivity (Wildman–Crippen MR) is 85.3 cm³/mol. The lowest BCUT2D eigenvalue weighted by molar-refractivity contribution is -0.122. The molecule has 0 aliphatic carbocycles. The van der Waals surface area contributed by atoms with E-state index in [9.17, 15) is 9.59 Å². The molecule has 0 aromatic heterocycles. The van der Waals surface area contributed by atoms with Crippen LogP contribution in [0.15, 0.2) is 24.3 Å². The molecule has 1 aromatic carbocycles. The minimum atomic E-state index is -0.544. The Bertz CT molecular complexity index is 592. The Morgan fingerprint density at radius 2 is 1.91 bits per heavy atom. The van der Waals surface area contributed by atoms with Crippen molar-refractivity contribution in [3.05, 3.63) is 29.8 Å². The molecule has 2 amide bonds. The molecule has 0 fully saturated rings. The van der Waals surface area contributed by atoms with Crippen LogP contribution in [0.5, 0.6) is 5.75 Å². The number of rotatable bonds is 5. The minimum absolute atomic E-state index is 0.0261. The number of nitrogens with two attached hydrogens (primary N) is 1. The molecule has 0 heterocycles. The zero-order chi connectivity index (χ0) is 16.6. The Kier molecular flexibility index (Phi) is 6.46. The Balaban J connectivity index is 2.37. The summed E-state index contributed by atoms with van der Waals surface area (Å²) in [7, 11) is 0. The second-order valence-corrected chi connectivity index (χ2v) is 6.02. The summed E-state index contributed by atoms with van der Waals surface area (Å²) in [6.45, 7) is 6.40. The largest absolute Gasteiger partial charge is 0.480 e. The topological polar surface area (TPSA) is 81.4 Å². The van der Waals surface area contributed by atoms with Gasteiger partial charge in [0, 0.05) is 6.42 Å². The molecule has 0 spiro atoms. The maximum Gasteiger partial charge on any atom is 0.252 e. The van der Waals surface area contributed by atoms with E-state index >= 15 is 0 Å². The van der Waals surface area contributed by atoms with Crippen molar-refractivity contribution in [3.8, 4) is 17.6 Å². The normalized spacial score (nSPS) is 10.3. The molecule has 0 saturated heterocycles. The second-order valence-electron chi connectivity index (χ2n) is 6.02. The van der Waals surface area contributed by atoms with Gasteiger partial charge in [0.15, 0.2) is 0 Å². The van der Waals surface area contributed by atoms with Gasteiger partial charge in [0.05, 0.1) is 12.1 Å². The van der Waals surface area contributed by atoms with Crippen LogP contribution in [0.2, 0.25) is 0 Å². The van der Waals surface area contributed by atoms with E-state index in [-0.39, 0.29) is 24.5 Å². The molecule has 1 aromatic rings. The molecule has 0 aliphatic heterocycles. The summed E-state index contributed by atoms with van der Waals surface area (Å²) in [6, 6.07) is 6.72. The number of para-hydroxylation sites is 1. The third-order valence-corrected chi connectivity index (χ3v) is 2.64. The molecule has 0 bridgehead atoms. The Labute approximate surface area is 131 Å². The van der Waals surface area contributed by atoms with Crippen molar-refractivity contribution in [1.29, 1.82) is 0 Å². The van der Waals surface area contributed by atoms with Gasteiger partial charge in [0.25, 0.3) is 5.91 Å². The quantitative estimate of drug-likeness (QED) is 0.813. The maximum atomic E-state index is 11.6. The average Bonchev–Trinajstić information content (AvgIpc) is 2.41. The predicted octanol–water partition coefficient (Wildman–Crippen LogP) is 1.72. The van der Waals surface area contributed by atoms with E-state index in [2.05, 4.69) is 17.2 Å². The van der Waals surface area contributed by atoms with Crippen LogP contribution < -0.4 is 15.8 Å². The molecule has 0 unspecified atom stereocenters. The van der Waals surface area contributed by atoms with E-state index in [0.29, 0.717) is 17.7 Å². The summed E-state index contributed by atoms with van der Waals surface area (Å²) in [4.78, 5) is 22.8. The highest BCUT2D eigenvalue weighted by atomic mass is 16.5. The number of hydrogen-bond donors (Lipinski definition) is 2. The molecule has 118 valence electrons. The van der Waals surface area contributed by atoms with Gasteiger partial charge < -0.3 is 15.8 Å². The smallest absolute Gasteiger partial charge is 0.252 e. The molecule has 5 nitrogen and oxygen atoms in total. The molecule has 5 heteroatoms. The molecule has 0 atom stereocenters. The molecule has 0 saturated carbocycles. The first kappa shape index (κ1) is 17.6. The highest BCUT2D eigenvalue weighted by molar-refractivity contribution is 5.95. The Hall–Kier alpha value is -2.48. The Morgan fingerprint density at radius 1 is 1.23 bits per heavy atom. The summed E-state index contributed by atoms with van der Waals surface area (Å²) in [5.74, 6) is 5.41. The summed E-state index contributed by atoms with van der Waals surface area (Å²) < 4.78 is 5.40. The second kappa shape index (κ2) is 8.08. The number of primary amides is 1. The molecule has 22 heavy (non-hydrogen) atoms. The van der Waals surface area contributed by atoms with Crippen molar-refractivity contribution in [1.82, 2.24) is 5.32 Å². The van der Waals surface area contributed by atoms with Crippen molar-refractivity contribution in [3.63, 3.8) is 0 Å². The van der Waals surface area contributed by atoms with Crippen LogP contribution in [-0.2, 0) is 4.79 Å². The van der Waals surface area contributed by atoms with Gasteiger partial charge in [-0.05, 0) is 17.5 Å². The fourth-order valence-electron chi connectivity index (χ4n) is 1.71. The third-order valence-electron chi connectivity index (χ3n) is 2.64. The van der Waals surface area contributed by atoms with Crippen molar-refractivity contribution in [2.45, 2.75) is 27.2 Å². The monoisotopic (exact) mass is 302 g/mol. The highest BCUT2D eigenvalue weighted by Crippen LogP contribution is 2.17. The zero-order valence-electron chi connectivity index (χ0n) is 13.2. The zero-order valence-corrected chi connectivity index (χ0v) is 13.2. The number of hydrogen-bond acceptors (Lipinski definition) is 3. The number of benzene rings is 1.